The zero-order valence-corrected chi connectivity index (χ0v) is 13.4. The van der Waals surface area contributed by atoms with Crippen LogP contribution in [0, 0.1) is 11.8 Å². The minimum absolute atomic E-state index is 0.525. The summed E-state index contributed by atoms with van der Waals surface area (Å²) in [6.45, 7) is 7.08. The highest BCUT2D eigenvalue weighted by molar-refractivity contribution is 5.20. The number of hydrogen-bond acceptors (Lipinski definition) is 1. The summed E-state index contributed by atoms with van der Waals surface area (Å²) in [5.74, 6) is 1.57. The Morgan fingerprint density at radius 2 is 1.70 bits per heavy atom. The molecule has 1 nitrogen and oxygen atoms in total. The summed E-state index contributed by atoms with van der Waals surface area (Å²) in [6, 6.07) is 12.3. The fourth-order valence-electron chi connectivity index (χ4n) is 3.72. The normalized spacial score (nSPS) is 24.8. The lowest BCUT2D eigenvalue weighted by Crippen LogP contribution is -2.42. The summed E-state index contributed by atoms with van der Waals surface area (Å²) in [7, 11) is 0. The quantitative estimate of drug-likeness (QED) is 0.738. The van der Waals surface area contributed by atoms with Crippen molar-refractivity contribution in [1.29, 1.82) is 0 Å². The van der Waals surface area contributed by atoms with Gasteiger partial charge in [0.1, 0.15) is 0 Å². The first-order valence-electron chi connectivity index (χ1n) is 8.57. The Hall–Kier alpha value is -0.820. The molecule has 1 aromatic carbocycles. The van der Waals surface area contributed by atoms with E-state index >= 15 is 0 Å². The molecular weight excluding hydrogens is 242 g/mol. The highest BCUT2D eigenvalue weighted by Crippen LogP contribution is 2.32. The Morgan fingerprint density at radius 1 is 1.05 bits per heavy atom. The molecule has 3 atom stereocenters. The maximum absolute atomic E-state index is 4.02. The number of benzene rings is 1. The summed E-state index contributed by atoms with van der Waals surface area (Å²) in [5.41, 5.74) is 1.47. The van der Waals surface area contributed by atoms with Gasteiger partial charge in [-0.05, 0) is 30.2 Å². The zero-order chi connectivity index (χ0) is 14.4. The molecule has 1 saturated carbocycles. The lowest BCUT2D eigenvalue weighted by molar-refractivity contribution is 0.222. The Balaban J connectivity index is 2.14. The second kappa shape index (κ2) is 7.83. The first-order chi connectivity index (χ1) is 9.76. The molecule has 112 valence electrons. The second-order valence-electron chi connectivity index (χ2n) is 6.50. The molecule has 3 unspecified atom stereocenters. The van der Waals surface area contributed by atoms with Crippen molar-refractivity contribution in [1.82, 2.24) is 5.32 Å². The van der Waals surface area contributed by atoms with Gasteiger partial charge in [-0.1, -0.05) is 76.8 Å². The largest absolute Gasteiger partial charge is 0.307 e. The Labute approximate surface area is 125 Å². The van der Waals surface area contributed by atoms with Crippen LogP contribution in [0.25, 0.3) is 0 Å². The molecule has 0 spiro atoms. The van der Waals surface area contributed by atoms with Crippen molar-refractivity contribution in [2.24, 2.45) is 11.8 Å². The minimum Gasteiger partial charge on any atom is -0.307 e. The van der Waals surface area contributed by atoms with Gasteiger partial charge in [-0.25, -0.2) is 0 Å². The second-order valence-corrected chi connectivity index (χ2v) is 6.50. The predicted octanol–water partition coefficient (Wildman–Crippen LogP) is 5.33. The van der Waals surface area contributed by atoms with Crippen molar-refractivity contribution in [2.45, 2.75) is 71.4 Å². The molecule has 2 rings (SSSR count). The van der Waals surface area contributed by atoms with Gasteiger partial charge in [0.05, 0.1) is 0 Å². The molecule has 1 heteroatoms. The smallest absolute Gasteiger partial charge is 0.0350 e. The van der Waals surface area contributed by atoms with Crippen LogP contribution in [0.15, 0.2) is 30.3 Å². The van der Waals surface area contributed by atoms with Crippen LogP contribution in [0.4, 0.5) is 0 Å². The van der Waals surface area contributed by atoms with E-state index in [1.54, 1.807) is 0 Å². The molecule has 0 radical (unpaired) electrons. The van der Waals surface area contributed by atoms with Crippen LogP contribution in [0.2, 0.25) is 0 Å². The Bertz CT molecular complexity index is 369. The van der Waals surface area contributed by atoms with Crippen molar-refractivity contribution in [3.05, 3.63) is 35.9 Å². The molecule has 0 aliphatic heterocycles. The third-order valence-corrected chi connectivity index (χ3v) is 5.18. The first-order valence-corrected chi connectivity index (χ1v) is 8.57. The van der Waals surface area contributed by atoms with Crippen LogP contribution in [0.5, 0.6) is 0 Å². The Kier molecular flexibility index (Phi) is 6.09. The number of rotatable bonds is 6. The van der Waals surface area contributed by atoms with Gasteiger partial charge in [-0.2, -0.15) is 0 Å². The van der Waals surface area contributed by atoms with E-state index < -0.39 is 0 Å². The van der Waals surface area contributed by atoms with Crippen molar-refractivity contribution in [3.8, 4) is 0 Å². The van der Waals surface area contributed by atoms with E-state index in [1.165, 1.54) is 44.1 Å². The van der Waals surface area contributed by atoms with Gasteiger partial charge in [0, 0.05) is 12.1 Å². The SMILES string of the molecule is CCC(CC)C(NC1CCCCC1C)c1ccccc1. The van der Waals surface area contributed by atoms with Gasteiger partial charge < -0.3 is 5.32 Å². The summed E-state index contributed by atoms with van der Waals surface area (Å²) in [5, 5.41) is 4.02. The molecule has 0 heterocycles. The van der Waals surface area contributed by atoms with E-state index in [-0.39, 0.29) is 0 Å². The third kappa shape index (κ3) is 3.85. The van der Waals surface area contributed by atoms with E-state index in [0.29, 0.717) is 12.1 Å². The van der Waals surface area contributed by atoms with Gasteiger partial charge >= 0.3 is 0 Å². The molecule has 1 fully saturated rings. The first kappa shape index (κ1) is 15.6. The molecular formula is C19H31N. The fourth-order valence-corrected chi connectivity index (χ4v) is 3.72. The van der Waals surface area contributed by atoms with E-state index in [4.69, 9.17) is 0 Å². The van der Waals surface area contributed by atoms with Crippen molar-refractivity contribution in [3.63, 3.8) is 0 Å². The van der Waals surface area contributed by atoms with E-state index in [1.807, 2.05) is 0 Å². The highest BCUT2D eigenvalue weighted by atomic mass is 15.0. The van der Waals surface area contributed by atoms with Gasteiger partial charge in [0.25, 0.3) is 0 Å². The molecule has 0 bridgehead atoms. The lowest BCUT2D eigenvalue weighted by Gasteiger charge is -2.36. The molecule has 20 heavy (non-hydrogen) atoms. The van der Waals surface area contributed by atoms with E-state index in [9.17, 15) is 0 Å². The van der Waals surface area contributed by atoms with Crippen molar-refractivity contribution >= 4 is 0 Å². The summed E-state index contributed by atoms with van der Waals surface area (Å²) >= 11 is 0. The molecule has 0 aromatic heterocycles. The standard InChI is InChI=1S/C19H31N/c1-4-16(5-2)19(17-12-7-6-8-13-17)20-18-14-10-9-11-15(18)3/h6-8,12-13,15-16,18-20H,4-5,9-11,14H2,1-3H3. The van der Waals surface area contributed by atoms with Gasteiger partial charge in [-0.3, -0.25) is 0 Å². The topological polar surface area (TPSA) is 12.0 Å². The molecule has 1 aliphatic carbocycles. The lowest BCUT2D eigenvalue weighted by atomic mass is 9.82. The van der Waals surface area contributed by atoms with Crippen LogP contribution >= 0.6 is 0 Å². The van der Waals surface area contributed by atoms with E-state index in [2.05, 4.69) is 56.4 Å². The fraction of sp³-hybridized carbons (Fsp3) is 0.684. The van der Waals surface area contributed by atoms with Crippen molar-refractivity contribution < 1.29 is 0 Å². The molecule has 0 amide bonds. The predicted molar refractivity (Wildman–Crippen MR) is 87.8 cm³/mol. The number of nitrogens with one attached hydrogen (secondary N) is 1. The molecule has 1 aliphatic rings. The van der Waals surface area contributed by atoms with Crippen LogP contribution in [-0.4, -0.2) is 6.04 Å². The van der Waals surface area contributed by atoms with Gasteiger partial charge in [-0.15, -0.1) is 0 Å². The van der Waals surface area contributed by atoms with Crippen LogP contribution in [0.1, 0.15) is 70.9 Å². The Morgan fingerprint density at radius 3 is 2.30 bits per heavy atom. The average Bonchev–Trinajstić information content (AvgIpc) is 2.50. The third-order valence-electron chi connectivity index (χ3n) is 5.18. The van der Waals surface area contributed by atoms with Crippen LogP contribution in [0.3, 0.4) is 0 Å². The van der Waals surface area contributed by atoms with Crippen molar-refractivity contribution in [2.75, 3.05) is 0 Å². The average molecular weight is 273 g/mol. The maximum Gasteiger partial charge on any atom is 0.0350 e. The molecule has 1 N–H and O–H groups in total. The van der Waals surface area contributed by atoms with E-state index in [0.717, 1.165) is 11.8 Å². The highest BCUT2D eigenvalue weighted by Gasteiger charge is 2.27. The van der Waals surface area contributed by atoms with Gasteiger partial charge in [0.15, 0.2) is 0 Å². The minimum atomic E-state index is 0.525. The van der Waals surface area contributed by atoms with Crippen LogP contribution < -0.4 is 5.32 Å². The summed E-state index contributed by atoms with van der Waals surface area (Å²) < 4.78 is 0. The van der Waals surface area contributed by atoms with Crippen LogP contribution in [-0.2, 0) is 0 Å². The molecule has 1 aromatic rings. The number of hydrogen-bond donors (Lipinski definition) is 1. The molecule has 0 saturated heterocycles. The summed E-state index contributed by atoms with van der Waals surface area (Å²) in [6.07, 6.45) is 8.06. The maximum atomic E-state index is 4.02. The monoisotopic (exact) mass is 273 g/mol. The van der Waals surface area contributed by atoms with Gasteiger partial charge in [0.2, 0.25) is 0 Å². The summed E-state index contributed by atoms with van der Waals surface area (Å²) in [4.78, 5) is 0. The zero-order valence-electron chi connectivity index (χ0n) is 13.4.